The van der Waals surface area contributed by atoms with Crippen molar-refractivity contribution < 1.29 is 14.3 Å². The Morgan fingerprint density at radius 1 is 1.14 bits per heavy atom. The van der Waals surface area contributed by atoms with E-state index in [0.717, 1.165) is 0 Å². The van der Waals surface area contributed by atoms with Crippen molar-refractivity contribution in [1.29, 1.82) is 0 Å². The summed E-state index contributed by atoms with van der Waals surface area (Å²) in [5, 5.41) is -0.232. The average Bonchev–Trinajstić information content (AvgIpc) is 2.15. The second kappa shape index (κ2) is 9.30. The molecule has 0 fully saturated rings. The number of hydrogen-bond acceptors (Lipinski definition) is 3. The number of thiol groups is 1. The average molecular weight is 221 g/mol. The first-order valence-electron chi connectivity index (χ1n) is 4.85. The Morgan fingerprint density at radius 2 is 1.57 bits per heavy atom. The molecule has 0 radical (unpaired) electrons. The molecule has 0 saturated heterocycles. The molecule has 0 aromatic rings. The van der Waals surface area contributed by atoms with E-state index in [1.54, 1.807) is 4.90 Å². The van der Waals surface area contributed by atoms with Crippen LogP contribution in [-0.4, -0.2) is 49.7 Å². The molecule has 0 saturated carbocycles. The molecule has 0 rings (SSSR count). The first kappa shape index (κ1) is 13.7. The lowest BCUT2D eigenvalue weighted by Crippen LogP contribution is -2.33. The van der Waals surface area contributed by atoms with Gasteiger partial charge in [-0.2, -0.15) is 0 Å². The quantitative estimate of drug-likeness (QED) is 0.497. The van der Waals surface area contributed by atoms with E-state index in [2.05, 4.69) is 12.6 Å². The first-order valence-corrected chi connectivity index (χ1v) is 5.30. The van der Waals surface area contributed by atoms with Gasteiger partial charge in [-0.05, 0) is 13.8 Å². The van der Waals surface area contributed by atoms with Gasteiger partial charge in [0, 0.05) is 26.3 Å². The van der Waals surface area contributed by atoms with Crippen LogP contribution in [0.4, 0.5) is 4.79 Å². The molecule has 0 unspecified atom stereocenters. The number of amides is 1. The van der Waals surface area contributed by atoms with Gasteiger partial charge in [0.15, 0.2) is 0 Å². The molecule has 14 heavy (non-hydrogen) atoms. The Balaban J connectivity index is 3.61. The third-order valence-electron chi connectivity index (χ3n) is 1.69. The largest absolute Gasteiger partial charge is 0.380 e. The van der Waals surface area contributed by atoms with Crippen LogP contribution in [0.2, 0.25) is 0 Å². The van der Waals surface area contributed by atoms with Crippen LogP contribution in [0.3, 0.4) is 0 Å². The van der Waals surface area contributed by atoms with Crippen molar-refractivity contribution in [1.82, 2.24) is 4.90 Å². The van der Waals surface area contributed by atoms with Crippen LogP contribution >= 0.6 is 12.6 Å². The normalized spacial score (nSPS) is 10.2. The number of nitrogens with zero attached hydrogens (tertiary/aromatic N) is 1. The van der Waals surface area contributed by atoms with Gasteiger partial charge in [-0.3, -0.25) is 4.79 Å². The maximum absolute atomic E-state index is 11.0. The van der Waals surface area contributed by atoms with Crippen LogP contribution in [0.25, 0.3) is 0 Å². The van der Waals surface area contributed by atoms with Crippen LogP contribution in [0.15, 0.2) is 0 Å². The highest BCUT2D eigenvalue weighted by Crippen LogP contribution is 1.96. The molecule has 0 aliphatic carbocycles. The van der Waals surface area contributed by atoms with Crippen molar-refractivity contribution in [2.24, 2.45) is 0 Å². The Morgan fingerprint density at radius 3 is 1.86 bits per heavy atom. The van der Waals surface area contributed by atoms with Crippen LogP contribution in [-0.2, 0) is 9.47 Å². The summed E-state index contributed by atoms with van der Waals surface area (Å²) < 4.78 is 10.3. The van der Waals surface area contributed by atoms with Crippen LogP contribution < -0.4 is 0 Å². The third-order valence-corrected chi connectivity index (χ3v) is 1.97. The van der Waals surface area contributed by atoms with Gasteiger partial charge in [0.05, 0.1) is 13.2 Å². The summed E-state index contributed by atoms with van der Waals surface area (Å²) in [4.78, 5) is 12.6. The SMILES string of the molecule is CCOCCN(CCOCC)C(=O)S. The van der Waals surface area contributed by atoms with E-state index >= 15 is 0 Å². The van der Waals surface area contributed by atoms with Gasteiger partial charge in [-0.25, -0.2) is 0 Å². The standard InChI is InChI=1S/C9H19NO3S/c1-3-12-7-5-10(9(11)14)6-8-13-4-2/h3-8H2,1-2H3,(H,11,14). The molecule has 84 valence electrons. The molecule has 0 aromatic carbocycles. The molecule has 5 heteroatoms. The molecule has 4 nitrogen and oxygen atoms in total. The number of ether oxygens (including phenoxy) is 2. The summed E-state index contributed by atoms with van der Waals surface area (Å²) in [5.74, 6) is 0. The molecule has 0 N–H and O–H groups in total. The minimum atomic E-state index is -0.232. The van der Waals surface area contributed by atoms with Gasteiger partial charge >= 0.3 is 0 Å². The first-order chi connectivity index (χ1) is 6.72. The Kier molecular flexibility index (Phi) is 9.13. The molecule has 0 aromatic heterocycles. The smallest absolute Gasteiger partial charge is 0.278 e. The second-order valence-electron chi connectivity index (χ2n) is 2.66. The fourth-order valence-electron chi connectivity index (χ4n) is 0.941. The predicted molar refractivity (Wildman–Crippen MR) is 58.9 cm³/mol. The van der Waals surface area contributed by atoms with Crippen molar-refractivity contribution >= 4 is 17.9 Å². The third kappa shape index (κ3) is 7.17. The highest BCUT2D eigenvalue weighted by Gasteiger charge is 2.08. The van der Waals surface area contributed by atoms with E-state index < -0.39 is 0 Å². The Labute approximate surface area is 91.0 Å². The summed E-state index contributed by atoms with van der Waals surface area (Å²) in [5.41, 5.74) is 0. The van der Waals surface area contributed by atoms with Gasteiger partial charge in [-0.15, -0.1) is 0 Å². The Bertz CT molecular complexity index is 145. The Hall–Kier alpha value is -0.260. The number of carbonyl (C=O) groups excluding carboxylic acids is 1. The molecular formula is C9H19NO3S. The monoisotopic (exact) mass is 221 g/mol. The summed E-state index contributed by atoms with van der Waals surface area (Å²) in [7, 11) is 0. The molecule has 0 aliphatic rings. The highest BCUT2D eigenvalue weighted by molar-refractivity contribution is 7.96. The zero-order valence-corrected chi connectivity index (χ0v) is 9.76. The fraction of sp³-hybridized carbons (Fsp3) is 0.889. The van der Waals surface area contributed by atoms with E-state index in [1.807, 2.05) is 13.8 Å². The predicted octanol–water partition coefficient (Wildman–Crippen LogP) is 1.41. The topological polar surface area (TPSA) is 38.8 Å². The van der Waals surface area contributed by atoms with E-state index in [4.69, 9.17) is 9.47 Å². The summed E-state index contributed by atoms with van der Waals surface area (Å²) in [6.45, 7) is 7.43. The summed E-state index contributed by atoms with van der Waals surface area (Å²) in [6, 6.07) is 0. The minimum Gasteiger partial charge on any atom is -0.380 e. The lowest BCUT2D eigenvalue weighted by atomic mass is 10.5. The summed E-state index contributed by atoms with van der Waals surface area (Å²) in [6.07, 6.45) is 0. The minimum absolute atomic E-state index is 0.232. The zero-order chi connectivity index (χ0) is 10.8. The van der Waals surface area contributed by atoms with Crippen LogP contribution in [0.1, 0.15) is 13.8 Å². The molecule has 1 amide bonds. The van der Waals surface area contributed by atoms with Crippen molar-refractivity contribution in [3.8, 4) is 0 Å². The van der Waals surface area contributed by atoms with Crippen molar-refractivity contribution in [2.75, 3.05) is 39.5 Å². The maximum atomic E-state index is 11.0. The van der Waals surface area contributed by atoms with Gasteiger partial charge in [-0.1, -0.05) is 12.6 Å². The van der Waals surface area contributed by atoms with Crippen molar-refractivity contribution in [3.63, 3.8) is 0 Å². The van der Waals surface area contributed by atoms with Gasteiger partial charge in [0.2, 0.25) is 0 Å². The van der Waals surface area contributed by atoms with Gasteiger partial charge in [0.1, 0.15) is 0 Å². The van der Waals surface area contributed by atoms with E-state index in [0.29, 0.717) is 39.5 Å². The number of hydrogen-bond donors (Lipinski definition) is 1. The fourth-order valence-corrected chi connectivity index (χ4v) is 1.14. The van der Waals surface area contributed by atoms with Crippen molar-refractivity contribution in [2.45, 2.75) is 13.8 Å². The molecule has 0 spiro atoms. The number of rotatable bonds is 8. The van der Waals surface area contributed by atoms with Crippen LogP contribution in [0.5, 0.6) is 0 Å². The van der Waals surface area contributed by atoms with Gasteiger partial charge in [0.25, 0.3) is 5.24 Å². The summed E-state index contributed by atoms with van der Waals surface area (Å²) >= 11 is 3.77. The molecule has 0 heterocycles. The van der Waals surface area contributed by atoms with Crippen LogP contribution in [0, 0.1) is 0 Å². The lowest BCUT2D eigenvalue weighted by molar-refractivity contribution is 0.0985. The molecule has 0 aliphatic heterocycles. The second-order valence-corrected chi connectivity index (χ2v) is 3.05. The molecule has 0 bridgehead atoms. The van der Waals surface area contributed by atoms with Crippen molar-refractivity contribution in [3.05, 3.63) is 0 Å². The molecule has 0 atom stereocenters. The van der Waals surface area contributed by atoms with E-state index in [1.165, 1.54) is 0 Å². The zero-order valence-electron chi connectivity index (χ0n) is 8.86. The maximum Gasteiger partial charge on any atom is 0.278 e. The highest BCUT2D eigenvalue weighted by atomic mass is 32.1. The van der Waals surface area contributed by atoms with E-state index in [9.17, 15) is 4.79 Å². The van der Waals surface area contributed by atoms with E-state index in [-0.39, 0.29) is 5.24 Å². The molecular weight excluding hydrogens is 202 g/mol. The lowest BCUT2D eigenvalue weighted by Gasteiger charge is -2.19. The van der Waals surface area contributed by atoms with Gasteiger partial charge < -0.3 is 14.4 Å². The number of carbonyl (C=O) groups is 1.